The number of halogens is 1. The normalized spacial score (nSPS) is 24.1. The number of nitrogens with zero attached hydrogens (tertiary/aromatic N) is 1. The Balaban J connectivity index is 2.10. The number of anilines is 1. The first-order valence-corrected chi connectivity index (χ1v) is 6.35. The van der Waals surface area contributed by atoms with Crippen molar-refractivity contribution in [1.82, 2.24) is 0 Å². The van der Waals surface area contributed by atoms with Gasteiger partial charge in [0.2, 0.25) is 0 Å². The van der Waals surface area contributed by atoms with Crippen LogP contribution in [-0.2, 0) is 0 Å². The SMILES string of the molecule is N#Cc1ccc(NC2CCCCCC2O)c(F)c1. The third-order valence-electron chi connectivity index (χ3n) is 3.42. The first-order valence-electron chi connectivity index (χ1n) is 6.35. The van der Waals surface area contributed by atoms with E-state index >= 15 is 0 Å². The highest BCUT2D eigenvalue weighted by atomic mass is 19.1. The second-order valence-electron chi connectivity index (χ2n) is 4.76. The average molecular weight is 248 g/mol. The van der Waals surface area contributed by atoms with E-state index in [4.69, 9.17) is 5.26 Å². The van der Waals surface area contributed by atoms with Crippen LogP contribution in [0.25, 0.3) is 0 Å². The quantitative estimate of drug-likeness (QED) is 0.791. The van der Waals surface area contributed by atoms with Crippen molar-refractivity contribution in [2.45, 2.75) is 44.2 Å². The molecule has 2 rings (SSSR count). The number of aliphatic hydroxyl groups is 1. The fourth-order valence-electron chi connectivity index (χ4n) is 2.36. The van der Waals surface area contributed by atoms with Gasteiger partial charge in [-0.15, -0.1) is 0 Å². The fraction of sp³-hybridized carbons (Fsp3) is 0.500. The number of rotatable bonds is 2. The highest BCUT2D eigenvalue weighted by molar-refractivity contribution is 5.49. The van der Waals surface area contributed by atoms with Crippen LogP contribution in [0.1, 0.15) is 37.7 Å². The molecule has 0 bridgehead atoms. The number of hydrogen-bond donors (Lipinski definition) is 2. The van der Waals surface area contributed by atoms with Gasteiger partial charge < -0.3 is 10.4 Å². The lowest BCUT2D eigenvalue weighted by Crippen LogP contribution is -2.32. The molecule has 18 heavy (non-hydrogen) atoms. The topological polar surface area (TPSA) is 56.0 Å². The van der Waals surface area contributed by atoms with Crippen molar-refractivity contribution < 1.29 is 9.50 Å². The van der Waals surface area contributed by atoms with E-state index in [0.29, 0.717) is 11.3 Å². The predicted molar refractivity (Wildman–Crippen MR) is 67.6 cm³/mol. The van der Waals surface area contributed by atoms with E-state index in [-0.39, 0.29) is 6.04 Å². The summed E-state index contributed by atoms with van der Waals surface area (Å²) in [5, 5.41) is 21.7. The maximum atomic E-state index is 13.7. The fourth-order valence-corrected chi connectivity index (χ4v) is 2.36. The Labute approximate surface area is 106 Å². The van der Waals surface area contributed by atoms with E-state index in [9.17, 15) is 9.50 Å². The molecule has 1 aromatic carbocycles. The number of aliphatic hydroxyl groups excluding tert-OH is 1. The molecule has 96 valence electrons. The molecule has 2 atom stereocenters. The summed E-state index contributed by atoms with van der Waals surface area (Å²) >= 11 is 0. The van der Waals surface area contributed by atoms with Crippen LogP contribution in [-0.4, -0.2) is 17.3 Å². The highest BCUT2D eigenvalue weighted by Crippen LogP contribution is 2.23. The van der Waals surface area contributed by atoms with E-state index in [1.54, 1.807) is 12.1 Å². The van der Waals surface area contributed by atoms with Crippen LogP contribution < -0.4 is 5.32 Å². The molecule has 1 saturated carbocycles. The minimum absolute atomic E-state index is 0.102. The van der Waals surface area contributed by atoms with E-state index in [2.05, 4.69) is 5.32 Å². The van der Waals surface area contributed by atoms with Crippen LogP contribution in [0, 0.1) is 17.1 Å². The van der Waals surface area contributed by atoms with Gasteiger partial charge in [-0.25, -0.2) is 4.39 Å². The van der Waals surface area contributed by atoms with Gasteiger partial charge in [0.15, 0.2) is 0 Å². The minimum Gasteiger partial charge on any atom is -0.391 e. The lowest BCUT2D eigenvalue weighted by molar-refractivity contribution is 0.144. The molecule has 1 aromatic rings. The summed E-state index contributed by atoms with van der Waals surface area (Å²) < 4.78 is 13.7. The molecule has 4 heteroatoms. The highest BCUT2D eigenvalue weighted by Gasteiger charge is 2.22. The van der Waals surface area contributed by atoms with Crippen LogP contribution in [0.4, 0.5) is 10.1 Å². The Kier molecular flexibility index (Phi) is 4.16. The zero-order valence-electron chi connectivity index (χ0n) is 10.2. The van der Waals surface area contributed by atoms with Gasteiger partial charge >= 0.3 is 0 Å². The molecule has 0 heterocycles. The number of benzene rings is 1. The summed E-state index contributed by atoms with van der Waals surface area (Å²) in [5.41, 5.74) is 0.666. The second kappa shape index (κ2) is 5.83. The van der Waals surface area contributed by atoms with Crippen LogP contribution in [0.2, 0.25) is 0 Å². The molecule has 0 amide bonds. The summed E-state index contributed by atoms with van der Waals surface area (Å²) in [4.78, 5) is 0. The Hall–Kier alpha value is -1.60. The van der Waals surface area contributed by atoms with E-state index in [1.165, 1.54) is 6.07 Å². The van der Waals surface area contributed by atoms with Gasteiger partial charge in [-0.1, -0.05) is 19.3 Å². The van der Waals surface area contributed by atoms with Crippen LogP contribution in [0.5, 0.6) is 0 Å². The minimum atomic E-state index is -0.439. The van der Waals surface area contributed by atoms with Crippen molar-refractivity contribution in [3.05, 3.63) is 29.6 Å². The van der Waals surface area contributed by atoms with Crippen molar-refractivity contribution in [3.8, 4) is 6.07 Å². The Morgan fingerprint density at radius 3 is 2.78 bits per heavy atom. The Morgan fingerprint density at radius 2 is 2.06 bits per heavy atom. The van der Waals surface area contributed by atoms with Crippen LogP contribution >= 0.6 is 0 Å². The summed E-state index contributed by atoms with van der Waals surface area (Å²) in [5.74, 6) is -0.439. The average Bonchev–Trinajstić information content (AvgIpc) is 2.57. The molecule has 1 aliphatic carbocycles. The molecular formula is C14H17FN2O. The number of nitrogens with one attached hydrogen (secondary N) is 1. The zero-order valence-corrected chi connectivity index (χ0v) is 10.2. The van der Waals surface area contributed by atoms with Gasteiger partial charge in [0.1, 0.15) is 5.82 Å². The predicted octanol–water partition coefficient (Wildman–Crippen LogP) is 2.80. The largest absolute Gasteiger partial charge is 0.391 e. The zero-order chi connectivity index (χ0) is 13.0. The summed E-state index contributed by atoms with van der Waals surface area (Å²) in [6.45, 7) is 0. The second-order valence-corrected chi connectivity index (χ2v) is 4.76. The molecule has 2 N–H and O–H groups in total. The lowest BCUT2D eigenvalue weighted by Gasteiger charge is -2.23. The summed E-state index contributed by atoms with van der Waals surface area (Å²) in [6.07, 6.45) is 4.37. The van der Waals surface area contributed by atoms with E-state index in [1.807, 2.05) is 6.07 Å². The molecule has 1 aliphatic rings. The summed E-state index contributed by atoms with van der Waals surface area (Å²) in [6, 6.07) is 6.15. The van der Waals surface area contributed by atoms with Crippen molar-refractivity contribution in [3.63, 3.8) is 0 Å². The molecule has 1 fully saturated rings. The Bertz CT molecular complexity index is 456. The molecular weight excluding hydrogens is 231 g/mol. The lowest BCUT2D eigenvalue weighted by atomic mass is 10.1. The first-order chi connectivity index (χ1) is 8.70. The third-order valence-corrected chi connectivity index (χ3v) is 3.42. The Morgan fingerprint density at radius 1 is 1.28 bits per heavy atom. The number of nitriles is 1. The van der Waals surface area contributed by atoms with Gasteiger partial charge in [0.25, 0.3) is 0 Å². The maximum absolute atomic E-state index is 13.7. The molecule has 3 nitrogen and oxygen atoms in total. The van der Waals surface area contributed by atoms with Gasteiger partial charge in [-0.3, -0.25) is 0 Å². The molecule has 0 radical (unpaired) electrons. The van der Waals surface area contributed by atoms with Gasteiger partial charge in [-0.05, 0) is 31.0 Å². The van der Waals surface area contributed by atoms with Crippen LogP contribution in [0.3, 0.4) is 0 Å². The number of hydrogen-bond acceptors (Lipinski definition) is 3. The van der Waals surface area contributed by atoms with Crippen molar-refractivity contribution in [2.75, 3.05) is 5.32 Å². The van der Waals surface area contributed by atoms with E-state index in [0.717, 1.165) is 32.1 Å². The van der Waals surface area contributed by atoms with Crippen molar-refractivity contribution in [1.29, 1.82) is 5.26 Å². The molecule has 0 aliphatic heterocycles. The summed E-state index contributed by atoms with van der Waals surface area (Å²) in [7, 11) is 0. The monoisotopic (exact) mass is 248 g/mol. The first kappa shape index (κ1) is 12.8. The van der Waals surface area contributed by atoms with Gasteiger partial charge in [0, 0.05) is 0 Å². The molecule has 2 unspecified atom stereocenters. The van der Waals surface area contributed by atoms with Gasteiger partial charge in [-0.2, -0.15) is 5.26 Å². The molecule has 0 saturated heterocycles. The van der Waals surface area contributed by atoms with Gasteiger partial charge in [0.05, 0.1) is 29.5 Å². The smallest absolute Gasteiger partial charge is 0.147 e. The van der Waals surface area contributed by atoms with Crippen LogP contribution in [0.15, 0.2) is 18.2 Å². The van der Waals surface area contributed by atoms with Crippen molar-refractivity contribution in [2.24, 2.45) is 0 Å². The standard InChI is InChI=1S/C14H17FN2O/c15-11-8-10(9-16)6-7-12(11)17-13-4-2-1-3-5-14(13)18/h6-8,13-14,17-18H,1-5H2. The van der Waals surface area contributed by atoms with Crippen molar-refractivity contribution >= 4 is 5.69 Å². The van der Waals surface area contributed by atoms with E-state index < -0.39 is 11.9 Å². The molecule has 0 aromatic heterocycles. The molecule has 0 spiro atoms. The maximum Gasteiger partial charge on any atom is 0.147 e. The third kappa shape index (κ3) is 2.99.